The molecular formula is C26H25N5O3S. The van der Waals surface area contributed by atoms with Crippen molar-refractivity contribution < 1.29 is 14.3 Å². The highest BCUT2D eigenvalue weighted by Crippen LogP contribution is 2.30. The molecular weight excluding hydrogens is 462 g/mol. The third-order valence-electron chi connectivity index (χ3n) is 5.49. The van der Waals surface area contributed by atoms with E-state index in [2.05, 4.69) is 32.6 Å². The molecule has 0 aliphatic carbocycles. The highest BCUT2D eigenvalue weighted by atomic mass is 32.2. The van der Waals surface area contributed by atoms with Crippen LogP contribution in [0.2, 0.25) is 0 Å². The molecule has 0 radical (unpaired) electrons. The summed E-state index contributed by atoms with van der Waals surface area (Å²) in [6, 6.07) is 19.8. The standard InChI is InChI=1S/C26H25N5O3S/c32-24(28-12-10-19-8-9-22-23(15-19)34-14-13-33-22)18-35-26-30-29-25(21-7-4-11-27-16-21)31(26)17-20-5-2-1-3-6-20/h1-9,11,15-16H,10,12-14,17-18H2,(H,28,32). The zero-order chi connectivity index (χ0) is 23.9. The summed E-state index contributed by atoms with van der Waals surface area (Å²) in [5.41, 5.74) is 3.10. The van der Waals surface area contributed by atoms with Crippen LogP contribution in [-0.4, -0.2) is 51.2 Å². The molecule has 0 saturated carbocycles. The van der Waals surface area contributed by atoms with Crippen LogP contribution in [0.25, 0.3) is 11.4 Å². The van der Waals surface area contributed by atoms with Crippen LogP contribution < -0.4 is 14.8 Å². The normalized spacial score (nSPS) is 12.3. The molecule has 1 aliphatic heterocycles. The van der Waals surface area contributed by atoms with Gasteiger partial charge in [-0.3, -0.25) is 14.3 Å². The van der Waals surface area contributed by atoms with Gasteiger partial charge in [-0.2, -0.15) is 0 Å². The molecule has 2 aromatic heterocycles. The fourth-order valence-electron chi connectivity index (χ4n) is 3.78. The van der Waals surface area contributed by atoms with Crippen LogP contribution in [0, 0.1) is 0 Å². The molecule has 0 unspecified atom stereocenters. The monoisotopic (exact) mass is 487 g/mol. The van der Waals surface area contributed by atoms with Crippen molar-refractivity contribution in [3.63, 3.8) is 0 Å². The lowest BCUT2D eigenvalue weighted by Crippen LogP contribution is -2.27. The topological polar surface area (TPSA) is 91.2 Å². The van der Waals surface area contributed by atoms with Gasteiger partial charge in [0.05, 0.1) is 12.3 Å². The first-order valence-corrected chi connectivity index (χ1v) is 12.4. The van der Waals surface area contributed by atoms with Gasteiger partial charge in [0.2, 0.25) is 5.91 Å². The highest BCUT2D eigenvalue weighted by molar-refractivity contribution is 7.99. The zero-order valence-electron chi connectivity index (χ0n) is 19.1. The molecule has 5 rings (SSSR count). The summed E-state index contributed by atoms with van der Waals surface area (Å²) in [7, 11) is 0. The number of carbonyl (C=O) groups is 1. The number of carbonyl (C=O) groups excluding carboxylic acids is 1. The SMILES string of the molecule is O=C(CSc1nnc(-c2cccnc2)n1Cc1ccccc1)NCCc1ccc2c(c1)OCCO2. The van der Waals surface area contributed by atoms with Crippen molar-refractivity contribution in [1.29, 1.82) is 0 Å². The molecule has 1 N–H and O–H groups in total. The summed E-state index contributed by atoms with van der Waals surface area (Å²) in [4.78, 5) is 16.7. The van der Waals surface area contributed by atoms with Gasteiger partial charge < -0.3 is 14.8 Å². The maximum atomic E-state index is 12.5. The second-order valence-electron chi connectivity index (χ2n) is 7.99. The molecule has 0 bridgehead atoms. The van der Waals surface area contributed by atoms with Gasteiger partial charge in [-0.25, -0.2) is 0 Å². The Bertz CT molecular complexity index is 1280. The number of hydrogen-bond acceptors (Lipinski definition) is 7. The second kappa shape index (κ2) is 11.1. The third kappa shape index (κ3) is 5.81. The summed E-state index contributed by atoms with van der Waals surface area (Å²) in [6.07, 6.45) is 4.21. The molecule has 4 aromatic rings. The molecule has 0 spiro atoms. The summed E-state index contributed by atoms with van der Waals surface area (Å²) < 4.78 is 13.2. The average Bonchev–Trinajstić information content (AvgIpc) is 3.30. The van der Waals surface area contributed by atoms with E-state index in [9.17, 15) is 4.79 Å². The van der Waals surface area contributed by atoms with Gasteiger partial charge in [0, 0.05) is 24.5 Å². The summed E-state index contributed by atoms with van der Waals surface area (Å²) in [5.74, 6) is 2.46. The minimum absolute atomic E-state index is 0.0512. The number of amides is 1. The molecule has 2 aromatic carbocycles. The van der Waals surface area contributed by atoms with Crippen molar-refractivity contribution in [2.45, 2.75) is 18.1 Å². The zero-order valence-corrected chi connectivity index (χ0v) is 19.9. The van der Waals surface area contributed by atoms with E-state index in [1.54, 1.807) is 12.4 Å². The van der Waals surface area contributed by atoms with E-state index in [-0.39, 0.29) is 11.7 Å². The molecule has 0 saturated heterocycles. The van der Waals surface area contributed by atoms with E-state index in [4.69, 9.17) is 9.47 Å². The fraction of sp³-hybridized carbons (Fsp3) is 0.231. The molecule has 1 aliphatic rings. The summed E-state index contributed by atoms with van der Waals surface area (Å²) >= 11 is 1.38. The maximum Gasteiger partial charge on any atom is 0.230 e. The van der Waals surface area contributed by atoms with Gasteiger partial charge in [-0.1, -0.05) is 48.2 Å². The van der Waals surface area contributed by atoms with Gasteiger partial charge in [0.25, 0.3) is 0 Å². The van der Waals surface area contributed by atoms with Gasteiger partial charge in [-0.15, -0.1) is 10.2 Å². The van der Waals surface area contributed by atoms with Crippen molar-refractivity contribution in [3.05, 3.63) is 84.2 Å². The lowest BCUT2D eigenvalue weighted by Gasteiger charge is -2.18. The first-order chi connectivity index (χ1) is 17.3. The second-order valence-corrected chi connectivity index (χ2v) is 8.93. The minimum Gasteiger partial charge on any atom is -0.486 e. The smallest absolute Gasteiger partial charge is 0.230 e. The van der Waals surface area contributed by atoms with Gasteiger partial charge in [-0.05, 0) is 41.8 Å². The van der Waals surface area contributed by atoms with Crippen LogP contribution in [-0.2, 0) is 17.8 Å². The number of nitrogens with one attached hydrogen (secondary N) is 1. The average molecular weight is 488 g/mol. The van der Waals surface area contributed by atoms with Crippen LogP contribution >= 0.6 is 11.8 Å². The molecule has 0 fully saturated rings. The van der Waals surface area contributed by atoms with Crippen LogP contribution in [0.5, 0.6) is 11.5 Å². The van der Waals surface area contributed by atoms with Crippen molar-refractivity contribution in [2.75, 3.05) is 25.5 Å². The number of nitrogens with zero attached hydrogens (tertiary/aromatic N) is 4. The van der Waals surface area contributed by atoms with Crippen LogP contribution in [0.1, 0.15) is 11.1 Å². The molecule has 9 heteroatoms. The van der Waals surface area contributed by atoms with Gasteiger partial charge >= 0.3 is 0 Å². The number of benzene rings is 2. The number of fused-ring (bicyclic) bond motifs is 1. The summed E-state index contributed by atoms with van der Waals surface area (Å²) in [6.45, 7) is 2.27. The van der Waals surface area contributed by atoms with E-state index in [1.165, 1.54) is 11.8 Å². The van der Waals surface area contributed by atoms with Gasteiger partial charge in [0.1, 0.15) is 13.2 Å². The largest absolute Gasteiger partial charge is 0.486 e. The molecule has 3 heterocycles. The fourth-order valence-corrected chi connectivity index (χ4v) is 4.55. The van der Waals surface area contributed by atoms with Crippen molar-refractivity contribution in [1.82, 2.24) is 25.1 Å². The number of thioether (sulfide) groups is 1. The lowest BCUT2D eigenvalue weighted by atomic mass is 10.1. The van der Waals surface area contributed by atoms with Crippen molar-refractivity contribution >= 4 is 17.7 Å². The Morgan fingerprint density at radius 3 is 2.66 bits per heavy atom. The third-order valence-corrected chi connectivity index (χ3v) is 6.46. The number of pyridine rings is 1. The number of ether oxygens (including phenoxy) is 2. The van der Waals surface area contributed by atoms with Gasteiger partial charge in [0.15, 0.2) is 22.5 Å². The lowest BCUT2D eigenvalue weighted by molar-refractivity contribution is -0.118. The van der Waals surface area contributed by atoms with Crippen molar-refractivity contribution in [3.8, 4) is 22.9 Å². The Morgan fingerprint density at radius 2 is 1.83 bits per heavy atom. The van der Waals surface area contributed by atoms with Crippen molar-refractivity contribution in [2.24, 2.45) is 0 Å². The molecule has 178 valence electrons. The Kier molecular flexibility index (Phi) is 7.24. The van der Waals surface area contributed by atoms with Crippen LogP contribution in [0.15, 0.2) is 78.2 Å². The van der Waals surface area contributed by atoms with E-state index < -0.39 is 0 Å². The summed E-state index contributed by atoms with van der Waals surface area (Å²) in [5, 5.41) is 12.4. The first kappa shape index (κ1) is 22.9. The Labute approximate surface area is 207 Å². The maximum absolute atomic E-state index is 12.5. The molecule has 35 heavy (non-hydrogen) atoms. The molecule has 0 atom stereocenters. The number of aromatic nitrogens is 4. The van der Waals surface area contributed by atoms with E-state index in [1.807, 2.05) is 53.1 Å². The minimum atomic E-state index is -0.0512. The first-order valence-electron chi connectivity index (χ1n) is 11.4. The Hall–Kier alpha value is -3.85. The predicted octanol–water partition coefficient (Wildman–Crippen LogP) is 3.61. The number of hydrogen-bond donors (Lipinski definition) is 1. The quantitative estimate of drug-likeness (QED) is 0.361. The Morgan fingerprint density at radius 1 is 0.971 bits per heavy atom. The molecule has 1 amide bonds. The highest BCUT2D eigenvalue weighted by Gasteiger charge is 2.17. The molecule has 8 nitrogen and oxygen atoms in total. The Balaban J connectivity index is 1.20. The van der Waals surface area contributed by atoms with E-state index in [0.717, 1.165) is 34.0 Å². The van der Waals surface area contributed by atoms with Crippen LogP contribution in [0.4, 0.5) is 0 Å². The predicted molar refractivity (Wildman–Crippen MR) is 134 cm³/mol. The van der Waals surface area contributed by atoms with E-state index >= 15 is 0 Å². The van der Waals surface area contributed by atoms with Crippen LogP contribution in [0.3, 0.4) is 0 Å². The number of rotatable bonds is 9. The van der Waals surface area contributed by atoms with E-state index in [0.29, 0.717) is 37.9 Å².